The summed E-state index contributed by atoms with van der Waals surface area (Å²) in [6.07, 6.45) is 0.160. The highest BCUT2D eigenvalue weighted by atomic mass is 32.2. The van der Waals surface area contributed by atoms with Crippen molar-refractivity contribution in [2.45, 2.75) is 17.7 Å². The van der Waals surface area contributed by atoms with Crippen LogP contribution in [0.3, 0.4) is 0 Å². The zero-order chi connectivity index (χ0) is 11.4. The van der Waals surface area contributed by atoms with E-state index in [1.54, 1.807) is 0 Å². The molecular formula is C6H12N2O4PS2-. The van der Waals surface area contributed by atoms with Crippen molar-refractivity contribution in [2.75, 3.05) is 13.1 Å². The number of nitrogens with zero attached hydrogens (tertiary/aromatic N) is 1. The van der Waals surface area contributed by atoms with Crippen molar-refractivity contribution in [3.05, 3.63) is 0 Å². The first-order chi connectivity index (χ1) is 7.04. The van der Waals surface area contributed by atoms with Gasteiger partial charge >= 0.3 is 6.09 Å². The molecule has 1 heterocycles. The minimum atomic E-state index is -2.31. The van der Waals surface area contributed by atoms with E-state index in [0.29, 0.717) is 13.0 Å². The van der Waals surface area contributed by atoms with Gasteiger partial charge in [0.1, 0.15) is 0 Å². The van der Waals surface area contributed by atoms with E-state index >= 15 is 0 Å². The fourth-order valence-electron chi connectivity index (χ4n) is 1.54. The Hall–Kier alpha value is 0.120. The first-order valence-electron chi connectivity index (χ1n) is 4.22. The highest BCUT2D eigenvalue weighted by Gasteiger charge is 2.33. The SMILES string of the molecule is O=C(OP)N1C[C@@H](S)C[C@H]1CNS(=O)[O-]. The number of hydrogen-bond donors (Lipinski definition) is 2. The summed E-state index contributed by atoms with van der Waals surface area (Å²) in [5.74, 6) is 0. The maximum absolute atomic E-state index is 11.3. The van der Waals surface area contributed by atoms with Gasteiger partial charge in [-0.2, -0.15) is 12.6 Å². The van der Waals surface area contributed by atoms with E-state index in [9.17, 15) is 13.6 Å². The van der Waals surface area contributed by atoms with Crippen LogP contribution in [0.25, 0.3) is 0 Å². The molecule has 0 aromatic carbocycles. The average Bonchev–Trinajstić information content (AvgIpc) is 2.55. The monoisotopic (exact) mass is 271 g/mol. The van der Waals surface area contributed by atoms with Crippen LogP contribution in [-0.2, 0) is 15.8 Å². The maximum atomic E-state index is 11.3. The largest absolute Gasteiger partial charge is 0.760 e. The van der Waals surface area contributed by atoms with Gasteiger partial charge in [0.25, 0.3) is 0 Å². The Labute approximate surface area is 98.2 Å². The molecular weight excluding hydrogens is 259 g/mol. The predicted molar refractivity (Wildman–Crippen MR) is 61.0 cm³/mol. The van der Waals surface area contributed by atoms with Crippen molar-refractivity contribution in [1.29, 1.82) is 0 Å². The topological polar surface area (TPSA) is 81.7 Å². The van der Waals surface area contributed by atoms with Crippen LogP contribution in [0.2, 0.25) is 0 Å². The molecule has 0 aromatic rings. The normalized spacial score (nSPS) is 27.8. The molecule has 0 aromatic heterocycles. The second-order valence-corrected chi connectivity index (χ2v) is 4.89. The van der Waals surface area contributed by atoms with Gasteiger partial charge in [0.2, 0.25) is 0 Å². The zero-order valence-corrected chi connectivity index (χ0v) is 10.7. The van der Waals surface area contributed by atoms with E-state index in [4.69, 9.17) is 0 Å². The van der Waals surface area contributed by atoms with Gasteiger partial charge in [-0.15, -0.1) is 0 Å². The molecule has 2 unspecified atom stereocenters. The third-order valence-corrected chi connectivity index (χ3v) is 3.14. The lowest BCUT2D eigenvalue weighted by atomic mass is 10.2. The number of carbonyl (C=O) groups excluding carboxylic acids is 1. The summed E-state index contributed by atoms with van der Waals surface area (Å²) in [5.41, 5.74) is 0. The molecule has 9 heteroatoms. The first kappa shape index (κ1) is 13.2. The van der Waals surface area contributed by atoms with Gasteiger partial charge in [-0.25, -0.2) is 9.52 Å². The van der Waals surface area contributed by atoms with Crippen LogP contribution in [0.4, 0.5) is 4.79 Å². The Morgan fingerprint density at radius 2 is 2.47 bits per heavy atom. The maximum Gasteiger partial charge on any atom is 0.412 e. The molecule has 1 rings (SSSR count). The molecule has 0 radical (unpaired) electrons. The quantitative estimate of drug-likeness (QED) is 0.418. The summed E-state index contributed by atoms with van der Waals surface area (Å²) in [5, 5.41) is 0.0565. The Morgan fingerprint density at radius 3 is 3.00 bits per heavy atom. The van der Waals surface area contributed by atoms with E-state index in [1.165, 1.54) is 4.90 Å². The summed E-state index contributed by atoms with van der Waals surface area (Å²) in [6.45, 7) is 0.654. The van der Waals surface area contributed by atoms with Gasteiger partial charge in [0, 0.05) is 35.6 Å². The number of amides is 1. The van der Waals surface area contributed by atoms with Crippen molar-refractivity contribution < 1.29 is 18.1 Å². The lowest BCUT2D eigenvalue weighted by Gasteiger charge is -2.23. The fourth-order valence-corrected chi connectivity index (χ4v) is 2.42. The van der Waals surface area contributed by atoms with Crippen LogP contribution in [-0.4, -0.2) is 44.1 Å². The van der Waals surface area contributed by atoms with Crippen molar-refractivity contribution in [1.82, 2.24) is 9.62 Å². The molecule has 1 N–H and O–H groups in total. The van der Waals surface area contributed by atoms with Crippen molar-refractivity contribution in [3.8, 4) is 0 Å². The first-order valence-corrected chi connectivity index (χ1v) is 6.29. The van der Waals surface area contributed by atoms with Gasteiger partial charge in [-0.05, 0) is 6.42 Å². The van der Waals surface area contributed by atoms with Crippen LogP contribution in [0, 0.1) is 0 Å². The lowest BCUT2D eigenvalue weighted by Crippen LogP contribution is -2.41. The number of nitrogens with one attached hydrogen (secondary N) is 1. The molecule has 0 saturated carbocycles. The second kappa shape index (κ2) is 6.00. The average molecular weight is 271 g/mol. The molecule has 1 fully saturated rings. The second-order valence-electron chi connectivity index (χ2n) is 3.16. The molecule has 0 bridgehead atoms. The van der Waals surface area contributed by atoms with E-state index in [-0.39, 0.29) is 17.8 Å². The Kier molecular flexibility index (Phi) is 5.28. The highest BCUT2D eigenvalue weighted by molar-refractivity contribution is 7.81. The third kappa shape index (κ3) is 3.88. The molecule has 88 valence electrons. The van der Waals surface area contributed by atoms with Gasteiger partial charge in [-0.1, -0.05) is 0 Å². The molecule has 1 aliphatic rings. The smallest absolute Gasteiger partial charge is 0.412 e. The van der Waals surface area contributed by atoms with E-state index in [2.05, 4.69) is 21.9 Å². The number of thiol groups is 1. The number of carbonyl (C=O) groups is 1. The minimum Gasteiger partial charge on any atom is -0.760 e. The summed E-state index contributed by atoms with van der Waals surface area (Å²) >= 11 is 1.94. The minimum absolute atomic E-state index is 0.0565. The predicted octanol–water partition coefficient (Wildman–Crippen LogP) is -0.330. The summed E-state index contributed by atoms with van der Waals surface area (Å²) in [4.78, 5) is 12.7. The van der Waals surface area contributed by atoms with Crippen molar-refractivity contribution in [2.24, 2.45) is 0 Å². The van der Waals surface area contributed by atoms with E-state index < -0.39 is 17.4 Å². The molecule has 1 aliphatic heterocycles. The molecule has 1 amide bonds. The highest BCUT2D eigenvalue weighted by Crippen LogP contribution is 2.22. The Morgan fingerprint density at radius 1 is 1.80 bits per heavy atom. The van der Waals surface area contributed by atoms with Crippen LogP contribution in [0.5, 0.6) is 0 Å². The molecule has 4 atom stereocenters. The zero-order valence-electron chi connectivity index (χ0n) is 7.79. The molecule has 0 spiro atoms. The Balaban J connectivity index is 2.52. The van der Waals surface area contributed by atoms with Crippen molar-refractivity contribution >= 4 is 39.5 Å². The number of rotatable bonds is 3. The number of likely N-dealkylation sites (tertiary alicyclic amines) is 1. The van der Waals surface area contributed by atoms with Gasteiger partial charge in [0.15, 0.2) is 0 Å². The van der Waals surface area contributed by atoms with E-state index in [0.717, 1.165) is 0 Å². The number of hydrogen-bond acceptors (Lipinski definition) is 5. The molecule has 6 nitrogen and oxygen atoms in total. The molecule has 1 saturated heterocycles. The van der Waals surface area contributed by atoms with E-state index in [1.807, 2.05) is 9.47 Å². The standard InChI is InChI=1S/C6H13N2O4PS2/c9-6(12-13)8-3-5(14)1-4(8)2-7-15(10)11/h4-5,7,14H,1-3,13H2,(H,10,11)/p-1/t4-,5-/m0/s1. The van der Waals surface area contributed by atoms with Crippen LogP contribution >= 0.6 is 22.1 Å². The van der Waals surface area contributed by atoms with Crippen LogP contribution in [0.1, 0.15) is 6.42 Å². The molecule has 15 heavy (non-hydrogen) atoms. The van der Waals surface area contributed by atoms with Crippen LogP contribution < -0.4 is 4.72 Å². The van der Waals surface area contributed by atoms with Gasteiger partial charge in [-0.3, -0.25) is 4.21 Å². The summed E-state index contributed by atoms with van der Waals surface area (Å²) < 4.78 is 27.4. The Bertz CT molecular complexity index is 268. The summed E-state index contributed by atoms with van der Waals surface area (Å²) in [7, 11) is 1.87. The van der Waals surface area contributed by atoms with Gasteiger partial charge < -0.3 is 14.0 Å². The summed E-state index contributed by atoms with van der Waals surface area (Å²) in [6, 6.07) is -0.196. The molecule has 0 aliphatic carbocycles. The van der Waals surface area contributed by atoms with Gasteiger partial charge in [0.05, 0.1) is 9.47 Å². The third-order valence-electron chi connectivity index (χ3n) is 2.16. The lowest BCUT2D eigenvalue weighted by molar-refractivity contribution is 0.155. The van der Waals surface area contributed by atoms with Crippen molar-refractivity contribution in [3.63, 3.8) is 0 Å². The fraction of sp³-hybridized carbons (Fsp3) is 0.833. The van der Waals surface area contributed by atoms with Crippen LogP contribution in [0.15, 0.2) is 0 Å².